The number of nitro benzene ring substituents is 1. The maximum Gasteiger partial charge on any atom is 0.346 e. The highest BCUT2D eigenvalue weighted by atomic mass is 32.2. The number of carbonyl (C=O) groups is 1. The molecule has 1 amide bonds. The maximum atomic E-state index is 12.7. The molecule has 0 fully saturated rings. The Hall–Kier alpha value is -4.25. The van der Waals surface area contributed by atoms with Gasteiger partial charge in [0.05, 0.1) is 11.1 Å². The van der Waals surface area contributed by atoms with E-state index < -0.39 is 25.6 Å². The molecule has 0 saturated carbocycles. The fourth-order valence-electron chi connectivity index (χ4n) is 4.11. The minimum Gasteiger partial charge on any atom is -0.507 e. The number of hydrazone groups is 1. The van der Waals surface area contributed by atoms with Crippen molar-refractivity contribution in [3.8, 4) is 11.5 Å². The molecule has 0 atom stereocenters. The normalized spacial score (nSPS) is 12.3. The molecule has 0 spiro atoms. The summed E-state index contributed by atoms with van der Waals surface area (Å²) in [6.07, 6.45) is 1.94. The SMILES string of the molecule is CC(C)(C)c1cc(CCC(=O)N/N=C\c2cccc(OS(=O)(=O)c3ccccc3[N+](=O)[O-])c2)cc(C(C)(C)C)c1O. The van der Waals surface area contributed by atoms with Crippen LogP contribution in [0.25, 0.3) is 0 Å². The molecule has 0 aromatic heterocycles. The van der Waals surface area contributed by atoms with Crippen LogP contribution in [-0.2, 0) is 32.2 Å². The van der Waals surface area contributed by atoms with E-state index in [1.54, 1.807) is 6.07 Å². The van der Waals surface area contributed by atoms with Crippen molar-refractivity contribution in [1.29, 1.82) is 0 Å². The van der Waals surface area contributed by atoms with Crippen LogP contribution in [0.15, 0.2) is 70.7 Å². The van der Waals surface area contributed by atoms with Gasteiger partial charge in [-0.15, -0.1) is 0 Å². The monoisotopic (exact) mass is 581 g/mol. The number of rotatable bonds is 9. The number of nitrogens with one attached hydrogen (secondary N) is 1. The van der Waals surface area contributed by atoms with Gasteiger partial charge in [0.15, 0.2) is 4.90 Å². The Morgan fingerprint density at radius 2 is 1.61 bits per heavy atom. The molecule has 0 radical (unpaired) electrons. The van der Waals surface area contributed by atoms with Crippen molar-refractivity contribution in [2.75, 3.05) is 0 Å². The number of aryl methyl sites for hydroxylation is 1. The van der Waals surface area contributed by atoms with E-state index in [1.807, 2.05) is 53.7 Å². The van der Waals surface area contributed by atoms with Crippen molar-refractivity contribution >= 4 is 27.9 Å². The fourth-order valence-corrected chi connectivity index (χ4v) is 5.20. The Morgan fingerprint density at radius 3 is 2.20 bits per heavy atom. The second-order valence-electron chi connectivity index (χ2n) is 11.7. The van der Waals surface area contributed by atoms with Gasteiger partial charge in [0, 0.05) is 12.5 Å². The number of benzene rings is 3. The number of hydrogen-bond acceptors (Lipinski definition) is 8. The summed E-state index contributed by atoms with van der Waals surface area (Å²) in [5.74, 6) is -0.117. The van der Waals surface area contributed by atoms with Gasteiger partial charge in [0.2, 0.25) is 5.91 Å². The number of aromatic hydroxyl groups is 1. The lowest BCUT2D eigenvalue weighted by Crippen LogP contribution is -2.20. The van der Waals surface area contributed by atoms with Crippen LogP contribution in [0.4, 0.5) is 5.69 Å². The lowest BCUT2D eigenvalue weighted by molar-refractivity contribution is -0.387. The third-order valence-corrected chi connectivity index (χ3v) is 7.52. The maximum absolute atomic E-state index is 12.7. The predicted octanol–water partition coefficient (Wildman–Crippen LogP) is 5.75. The van der Waals surface area contributed by atoms with E-state index in [0.29, 0.717) is 12.0 Å². The first-order chi connectivity index (χ1) is 19.0. The van der Waals surface area contributed by atoms with E-state index in [1.165, 1.54) is 36.5 Å². The molecular weight excluding hydrogens is 546 g/mol. The molecule has 2 N–H and O–H groups in total. The average Bonchev–Trinajstić information content (AvgIpc) is 2.86. The highest BCUT2D eigenvalue weighted by molar-refractivity contribution is 7.87. The quantitative estimate of drug-likeness (QED) is 0.142. The van der Waals surface area contributed by atoms with E-state index in [0.717, 1.165) is 28.8 Å². The summed E-state index contributed by atoms with van der Waals surface area (Å²) in [5, 5.41) is 26.1. The van der Waals surface area contributed by atoms with Gasteiger partial charge in [-0.2, -0.15) is 13.5 Å². The van der Waals surface area contributed by atoms with Gasteiger partial charge in [0.25, 0.3) is 5.69 Å². The van der Waals surface area contributed by atoms with Crippen LogP contribution in [0.1, 0.15) is 70.2 Å². The fraction of sp³-hybridized carbons (Fsp3) is 0.333. The molecule has 0 bridgehead atoms. The highest BCUT2D eigenvalue weighted by Gasteiger charge is 2.28. The molecule has 3 aromatic rings. The summed E-state index contributed by atoms with van der Waals surface area (Å²) in [6, 6.07) is 14.7. The molecule has 10 nitrogen and oxygen atoms in total. The molecule has 0 unspecified atom stereocenters. The zero-order valence-electron chi connectivity index (χ0n) is 24.0. The van der Waals surface area contributed by atoms with E-state index in [9.17, 15) is 28.4 Å². The van der Waals surface area contributed by atoms with E-state index in [-0.39, 0.29) is 34.7 Å². The third kappa shape index (κ3) is 8.14. The van der Waals surface area contributed by atoms with Crippen molar-refractivity contribution in [3.05, 3.63) is 93.0 Å². The predicted molar refractivity (Wildman–Crippen MR) is 157 cm³/mol. The number of carbonyl (C=O) groups excluding carboxylic acids is 1. The van der Waals surface area contributed by atoms with Crippen molar-refractivity contribution in [2.24, 2.45) is 5.10 Å². The first-order valence-electron chi connectivity index (χ1n) is 13.0. The Morgan fingerprint density at radius 1 is 1.00 bits per heavy atom. The zero-order valence-corrected chi connectivity index (χ0v) is 24.8. The van der Waals surface area contributed by atoms with Crippen LogP contribution in [0.5, 0.6) is 11.5 Å². The average molecular weight is 582 g/mol. The van der Waals surface area contributed by atoms with Gasteiger partial charge in [-0.1, -0.05) is 77.9 Å². The smallest absolute Gasteiger partial charge is 0.346 e. The molecule has 41 heavy (non-hydrogen) atoms. The van der Waals surface area contributed by atoms with Gasteiger partial charge >= 0.3 is 10.1 Å². The first kappa shape index (κ1) is 31.3. The van der Waals surface area contributed by atoms with Gasteiger partial charge in [-0.25, -0.2) is 5.43 Å². The van der Waals surface area contributed by atoms with Crippen LogP contribution >= 0.6 is 0 Å². The summed E-state index contributed by atoms with van der Waals surface area (Å²) in [5.41, 5.74) is 4.33. The van der Waals surface area contributed by atoms with Crippen molar-refractivity contribution in [1.82, 2.24) is 5.43 Å². The number of amides is 1. The van der Waals surface area contributed by atoms with Gasteiger partial charge < -0.3 is 9.29 Å². The molecule has 11 heteroatoms. The molecule has 218 valence electrons. The molecule has 0 aliphatic rings. The third-order valence-electron chi connectivity index (χ3n) is 6.22. The van der Waals surface area contributed by atoms with E-state index in [2.05, 4.69) is 10.5 Å². The second kappa shape index (κ2) is 12.1. The van der Waals surface area contributed by atoms with Crippen LogP contribution in [-0.4, -0.2) is 30.6 Å². The zero-order chi connectivity index (χ0) is 30.6. The van der Waals surface area contributed by atoms with Crippen molar-refractivity contribution < 1.29 is 27.4 Å². The van der Waals surface area contributed by atoms with E-state index >= 15 is 0 Å². The molecule has 3 aromatic carbocycles. The largest absolute Gasteiger partial charge is 0.507 e. The molecule has 0 aliphatic carbocycles. The Labute approximate surface area is 240 Å². The van der Waals surface area contributed by atoms with Crippen molar-refractivity contribution in [2.45, 2.75) is 70.1 Å². The lowest BCUT2D eigenvalue weighted by Gasteiger charge is -2.28. The molecular formula is C30H35N3O7S. The number of nitrogens with zero attached hydrogens (tertiary/aromatic N) is 2. The lowest BCUT2D eigenvalue weighted by atomic mass is 9.78. The van der Waals surface area contributed by atoms with E-state index in [4.69, 9.17) is 4.18 Å². The Balaban J connectivity index is 1.67. The topological polar surface area (TPSA) is 148 Å². The van der Waals surface area contributed by atoms with Gasteiger partial charge in [-0.05, 0) is 57.7 Å². The summed E-state index contributed by atoms with van der Waals surface area (Å²) in [7, 11) is -4.47. The summed E-state index contributed by atoms with van der Waals surface area (Å²) in [6.45, 7) is 12.2. The number of phenolic OH excluding ortho intramolecular Hbond substituents is 1. The number of nitro groups is 1. The Bertz CT molecular complexity index is 1550. The minimum atomic E-state index is -4.47. The summed E-state index contributed by atoms with van der Waals surface area (Å²) >= 11 is 0. The van der Waals surface area contributed by atoms with Gasteiger partial charge in [0.1, 0.15) is 11.5 Å². The molecule has 0 saturated heterocycles. The minimum absolute atomic E-state index is 0.0740. The van der Waals surface area contributed by atoms with Crippen LogP contribution in [0.3, 0.4) is 0 Å². The summed E-state index contributed by atoms with van der Waals surface area (Å²) in [4.78, 5) is 22.4. The highest BCUT2D eigenvalue weighted by Crippen LogP contribution is 2.40. The van der Waals surface area contributed by atoms with Crippen LogP contribution in [0, 0.1) is 10.1 Å². The number of para-hydroxylation sites is 1. The molecule has 0 aliphatic heterocycles. The summed E-state index contributed by atoms with van der Waals surface area (Å²) < 4.78 is 30.4. The van der Waals surface area contributed by atoms with Crippen LogP contribution in [0.2, 0.25) is 0 Å². The first-order valence-corrected chi connectivity index (χ1v) is 14.4. The molecule has 0 heterocycles. The van der Waals surface area contributed by atoms with Gasteiger partial charge in [-0.3, -0.25) is 14.9 Å². The van der Waals surface area contributed by atoms with Crippen molar-refractivity contribution in [3.63, 3.8) is 0 Å². The molecule has 3 rings (SSSR count). The number of phenols is 1. The second-order valence-corrected chi connectivity index (χ2v) is 13.2. The number of hydrogen-bond donors (Lipinski definition) is 2. The van der Waals surface area contributed by atoms with Crippen LogP contribution < -0.4 is 9.61 Å². The standard InChI is InChI=1S/C30H35N3O7S/c1-29(2,3)23-17-20(18-24(28(23)35)30(4,5)6)14-15-27(34)32-31-19-21-10-9-11-22(16-21)40-41(38,39)26-13-8-7-12-25(26)33(36)37/h7-13,16-19,35H,14-15H2,1-6H3,(H,32,34)/b31-19-. The Kier molecular flexibility index (Phi) is 9.23.